The van der Waals surface area contributed by atoms with Crippen LogP contribution >= 0.6 is 0 Å². The Labute approximate surface area is 121 Å². The van der Waals surface area contributed by atoms with Crippen LogP contribution in [0.3, 0.4) is 0 Å². The standard InChI is InChI=1S/3BrO3.Nd/c3*2-1(3)4;/q3*-1;+3. The second-order valence-electron chi connectivity index (χ2n) is 0.567. The molecule has 0 fully saturated rings. The Morgan fingerprint density at radius 1 is 0.385 bits per heavy atom. The molecule has 0 aliphatic rings. The first kappa shape index (κ1) is 24.6. The number of hydrogen-bond donors (Lipinski definition) is 0. The molecule has 0 aromatic rings. The van der Waals surface area contributed by atoms with Crippen molar-refractivity contribution in [2.24, 2.45) is 0 Å². The van der Waals surface area contributed by atoms with Crippen LogP contribution in [-0.4, -0.2) is 0 Å². The predicted octanol–water partition coefficient (Wildman–Crippen LogP) is -10.7. The molecule has 0 aromatic carbocycles. The van der Waals surface area contributed by atoms with Crippen LogP contribution in [-0.2, 0) is 0 Å². The third kappa shape index (κ3) is 377. The SMILES string of the molecule is [Nd+3].[O-][Br+2]([O-])[O-].[O-][Br+2]([O-])[O-].[O-][Br+2]([O-])[O-]. The topological polar surface area (TPSA) is 208 Å². The van der Waals surface area contributed by atoms with Crippen molar-refractivity contribution in [3.63, 3.8) is 0 Å². The van der Waals surface area contributed by atoms with Crippen molar-refractivity contribution in [1.82, 2.24) is 0 Å². The Morgan fingerprint density at radius 3 is 0.385 bits per heavy atom. The fourth-order valence-corrected chi connectivity index (χ4v) is 0. The van der Waals surface area contributed by atoms with Crippen molar-refractivity contribution in [3.05, 3.63) is 0 Å². The minimum atomic E-state index is -3.65. The zero-order valence-electron chi connectivity index (χ0n) is 5.31. The fraction of sp³-hybridized carbons (Fsp3) is 0. The summed E-state index contributed by atoms with van der Waals surface area (Å²) in [4.78, 5) is 0. The van der Waals surface area contributed by atoms with Crippen LogP contribution in [0.2, 0.25) is 0 Å². The molecule has 0 N–H and O–H groups in total. The summed E-state index contributed by atoms with van der Waals surface area (Å²) in [5.41, 5.74) is 0. The minimum absolute atomic E-state index is 0. The van der Waals surface area contributed by atoms with Crippen LogP contribution in [0, 0.1) is 85.3 Å². The summed E-state index contributed by atoms with van der Waals surface area (Å²) in [6, 6.07) is 0. The largest absolute Gasteiger partial charge is 3.00 e. The number of rotatable bonds is 0. The Balaban J connectivity index is -0.0000000450. The zero-order valence-corrected chi connectivity index (χ0v) is 13.3. The van der Waals surface area contributed by atoms with Crippen molar-refractivity contribution in [2.45, 2.75) is 0 Å². The zero-order chi connectivity index (χ0) is 10.7. The van der Waals surface area contributed by atoms with Crippen LogP contribution in [0.4, 0.5) is 0 Å². The van der Waals surface area contributed by atoms with Crippen molar-refractivity contribution in [2.75, 3.05) is 0 Å². The van der Waals surface area contributed by atoms with E-state index in [2.05, 4.69) is 0 Å². The molecule has 0 aliphatic heterocycles. The molecule has 0 saturated carbocycles. The molecular formula is Br3NdO9. The maximum absolute atomic E-state index is 8.52. The molecule has 9 nitrogen and oxygen atoms in total. The van der Waals surface area contributed by atoms with E-state index in [0.29, 0.717) is 0 Å². The van der Waals surface area contributed by atoms with Crippen molar-refractivity contribution in [1.29, 1.82) is 0 Å². The van der Waals surface area contributed by atoms with E-state index in [4.69, 9.17) is 37.8 Å². The van der Waals surface area contributed by atoms with E-state index in [-0.39, 0.29) is 40.8 Å². The van der Waals surface area contributed by atoms with Crippen molar-refractivity contribution in [3.8, 4) is 0 Å². The van der Waals surface area contributed by atoms with Crippen LogP contribution in [0.15, 0.2) is 0 Å². The van der Waals surface area contributed by atoms with Gasteiger partial charge in [-0.1, -0.05) is 0 Å². The van der Waals surface area contributed by atoms with Crippen LogP contribution < -0.4 is 37.8 Å². The summed E-state index contributed by atoms with van der Waals surface area (Å²) in [6.45, 7) is 0. The first-order valence-electron chi connectivity index (χ1n) is 1.39. The van der Waals surface area contributed by atoms with Gasteiger partial charge in [-0.05, 0) is 0 Å². The van der Waals surface area contributed by atoms with E-state index in [0.717, 1.165) is 0 Å². The molecule has 0 unspecified atom stereocenters. The molecule has 1 radical (unpaired) electrons. The minimum Gasteiger partial charge on any atom is -0.405 e. The van der Waals surface area contributed by atoms with E-state index in [1.165, 1.54) is 0 Å². The summed E-state index contributed by atoms with van der Waals surface area (Å²) in [5.74, 6) is 0. The Hall–Kier alpha value is 2.43. The Morgan fingerprint density at radius 2 is 0.385 bits per heavy atom. The van der Waals surface area contributed by atoms with Gasteiger partial charge in [0.25, 0.3) is 0 Å². The summed E-state index contributed by atoms with van der Waals surface area (Å²) >= 11 is -10.9. The predicted molar refractivity (Wildman–Crippen MR) is 0 cm³/mol. The van der Waals surface area contributed by atoms with Crippen LogP contribution in [0.5, 0.6) is 0 Å². The summed E-state index contributed by atoms with van der Waals surface area (Å²) in [7, 11) is 0. The van der Waals surface area contributed by atoms with Crippen molar-refractivity contribution >= 4 is 0 Å². The fourth-order valence-electron chi connectivity index (χ4n) is 0. The van der Waals surface area contributed by atoms with Crippen molar-refractivity contribution < 1.29 is 123 Å². The summed E-state index contributed by atoms with van der Waals surface area (Å²) < 4.78 is 76.7. The summed E-state index contributed by atoms with van der Waals surface area (Å²) in [5, 5.41) is 0. The number of halogens is 3. The maximum atomic E-state index is 8.52. The molecule has 0 bridgehead atoms. The monoisotopic (exact) mass is 523 g/mol. The first-order valence-corrected chi connectivity index (χ1v) is 7.22. The molecule has 13 heteroatoms. The molecule has 0 saturated heterocycles. The van der Waals surface area contributed by atoms with Gasteiger partial charge in [0.1, 0.15) is 0 Å². The van der Waals surface area contributed by atoms with E-state index in [9.17, 15) is 0 Å². The third-order valence-corrected chi connectivity index (χ3v) is 0. The molecule has 0 heterocycles. The van der Waals surface area contributed by atoms with Gasteiger partial charge in [-0.25, -0.2) is 0 Å². The number of hydrogen-bond acceptors (Lipinski definition) is 9. The van der Waals surface area contributed by atoms with Gasteiger partial charge in [-0.15, -0.1) is 0 Å². The quantitative estimate of drug-likeness (QED) is 0.292. The summed E-state index contributed by atoms with van der Waals surface area (Å²) in [6.07, 6.45) is 0. The normalized spacial score (nSPS) is 8.31. The molecule has 0 amide bonds. The van der Waals surface area contributed by atoms with Crippen LogP contribution in [0.25, 0.3) is 0 Å². The average molecular weight is 528 g/mol. The van der Waals surface area contributed by atoms with Gasteiger partial charge in [0.2, 0.25) is 44.4 Å². The Bertz CT molecular complexity index is 43.4. The second-order valence-corrected chi connectivity index (χ2v) is 2.95. The van der Waals surface area contributed by atoms with E-state index < -0.39 is 44.4 Å². The molecule has 0 aliphatic carbocycles. The van der Waals surface area contributed by atoms with Gasteiger partial charge in [0.05, 0.1) is 0 Å². The molecular weight excluding hydrogens is 528 g/mol. The van der Waals surface area contributed by atoms with Gasteiger partial charge in [-0.2, -0.15) is 0 Å². The second kappa shape index (κ2) is 19.9. The molecule has 13 heavy (non-hydrogen) atoms. The molecule has 0 aromatic heterocycles. The average Bonchev–Trinajstić information content (AvgIpc) is 1.54. The molecule has 0 spiro atoms. The van der Waals surface area contributed by atoms with E-state index in [1.807, 2.05) is 0 Å². The van der Waals surface area contributed by atoms with Gasteiger partial charge < -0.3 is 37.8 Å². The third-order valence-electron chi connectivity index (χ3n) is 0. The Kier molecular flexibility index (Phi) is 37.7. The van der Waals surface area contributed by atoms with E-state index in [1.54, 1.807) is 0 Å². The molecule has 0 rings (SSSR count). The molecule has 0 atom stereocenters. The first-order chi connectivity index (χ1) is 5.20. The van der Waals surface area contributed by atoms with E-state index >= 15 is 0 Å². The van der Waals surface area contributed by atoms with Gasteiger partial charge in [-0.3, -0.25) is 0 Å². The van der Waals surface area contributed by atoms with Gasteiger partial charge >= 0.3 is 40.8 Å². The smallest absolute Gasteiger partial charge is 0.405 e. The van der Waals surface area contributed by atoms with Gasteiger partial charge in [0, 0.05) is 0 Å². The van der Waals surface area contributed by atoms with Gasteiger partial charge in [0.15, 0.2) is 0 Å². The molecule has 79 valence electrons. The van der Waals surface area contributed by atoms with Crippen LogP contribution in [0.1, 0.15) is 0 Å². The maximum Gasteiger partial charge on any atom is 3.00 e.